The average molecular weight is 333 g/mol. The molecule has 4 fully saturated rings. The number of anilines is 1. The summed E-state index contributed by atoms with van der Waals surface area (Å²) in [4.78, 5) is 12.5. The van der Waals surface area contributed by atoms with Gasteiger partial charge in [-0.05, 0) is 81.4 Å². The molecule has 4 bridgehead atoms. The summed E-state index contributed by atoms with van der Waals surface area (Å²) >= 11 is 5.99. The van der Waals surface area contributed by atoms with Gasteiger partial charge in [-0.2, -0.15) is 0 Å². The maximum Gasteiger partial charge on any atom is 0.241 e. The van der Waals surface area contributed by atoms with Gasteiger partial charge in [-0.15, -0.1) is 0 Å². The maximum absolute atomic E-state index is 12.5. The highest BCUT2D eigenvalue weighted by molar-refractivity contribution is 6.30. The normalized spacial score (nSPS) is 36.0. The molecule has 1 atom stereocenters. The number of rotatable bonds is 4. The first-order valence-corrected chi connectivity index (χ1v) is 9.23. The van der Waals surface area contributed by atoms with Crippen LogP contribution in [0.15, 0.2) is 24.3 Å². The Morgan fingerprint density at radius 2 is 1.78 bits per heavy atom. The first kappa shape index (κ1) is 15.5. The Morgan fingerprint density at radius 3 is 2.35 bits per heavy atom. The van der Waals surface area contributed by atoms with Gasteiger partial charge in [-0.3, -0.25) is 4.79 Å². The van der Waals surface area contributed by atoms with Crippen LogP contribution in [0.3, 0.4) is 0 Å². The van der Waals surface area contributed by atoms with Crippen LogP contribution in [-0.4, -0.2) is 17.5 Å². The second-order valence-corrected chi connectivity index (χ2v) is 8.50. The van der Waals surface area contributed by atoms with E-state index in [1.807, 2.05) is 25.1 Å². The van der Waals surface area contributed by atoms with Gasteiger partial charge in [0.15, 0.2) is 0 Å². The Kier molecular flexibility index (Phi) is 3.89. The Balaban J connectivity index is 1.41. The molecule has 0 aliphatic heterocycles. The number of carbonyl (C=O) groups excluding carboxylic acids is 1. The van der Waals surface area contributed by atoms with E-state index in [0.717, 1.165) is 23.4 Å². The molecule has 1 amide bonds. The number of hydrogen-bond donors (Lipinski definition) is 2. The summed E-state index contributed by atoms with van der Waals surface area (Å²) < 4.78 is 0. The Labute approximate surface area is 143 Å². The molecule has 1 aromatic rings. The molecule has 2 N–H and O–H groups in total. The van der Waals surface area contributed by atoms with Crippen molar-refractivity contribution in [3.63, 3.8) is 0 Å². The van der Waals surface area contributed by atoms with Gasteiger partial charge in [0.25, 0.3) is 0 Å². The van der Waals surface area contributed by atoms with E-state index in [9.17, 15) is 4.79 Å². The lowest BCUT2D eigenvalue weighted by atomic mass is 9.53. The lowest BCUT2D eigenvalue weighted by molar-refractivity contribution is -0.119. The van der Waals surface area contributed by atoms with E-state index in [1.165, 1.54) is 38.5 Å². The van der Waals surface area contributed by atoms with Crippen LogP contribution < -0.4 is 10.6 Å². The molecule has 0 unspecified atom stereocenters. The predicted molar refractivity (Wildman–Crippen MR) is 93.6 cm³/mol. The van der Waals surface area contributed by atoms with Crippen molar-refractivity contribution in [2.24, 2.45) is 17.8 Å². The molecule has 0 radical (unpaired) electrons. The van der Waals surface area contributed by atoms with Crippen LogP contribution in [0.4, 0.5) is 5.69 Å². The highest BCUT2D eigenvalue weighted by Gasteiger charge is 2.51. The fraction of sp³-hybridized carbons (Fsp3) is 0.632. The first-order chi connectivity index (χ1) is 11.0. The summed E-state index contributed by atoms with van der Waals surface area (Å²) in [6.45, 7) is 1.98. The van der Waals surface area contributed by atoms with Crippen molar-refractivity contribution < 1.29 is 4.79 Å². The summed E-state index contributed by atoms with van der Waals surface area (Å²) in [5.41, 5.74) is 0.974. The molecule has 5 rings (SSSR count). The Bertz CT molecular complexity index is 580. The topological polar surface area (TPSA) is 41.1 Å². The number of carbonyl (C=O) groups is 1. The van der Waals surface area contributed by atoms with Gasteiger partial charge in [0.2, 0.25) is 5.91 Å². The van der Waals surface area contributed by atoms with E-state index in [4.69, 9.17) is 11.6 Å². The molecule has 0 saturated heterocycles. The quantitative estimate of drug-likeness (QED) is 0.866. The standard InChI is InChI=1S/C19H25ClN2O/c1-12(18(23)21-17-4-2-3-16(20)8-17)22-19-9-13-5-14(10-19)7-15(6-13)11-19/h2-4,8,12-15,22H,5-7,9-11H2,1H3,(H,21,23)/t12-,13?,14?,15?,19?/m1/s1. The Morgan fingerprint density at radius 1 is 1.17 bits per heavy atom. The number of amides is 1. The molecule has 124 valence electrons. The zero-order valence-electron chi connectivity index (χ0n) is 13.6. The van der Waals surface area contributed by atoms with Crippen molar-refractivity contribution in [2.75, 3.05) is 5.32 Å². The van der Waals surface area contributed by atoms with Gasteiger partial charge in [0, 0.05) is 16.2 Å². The van der Waals surface area contributed by atoms with E-state index in [1.54, 1.807) is 6.07 Å². The fourth-order valence-electron chi connectivity index (χ4n) is 5.63. The summed E-state index contributed by atoms with van der Waals surface area (Å²) in [6, 6.07) is 7.16. The first-order valence-electron chi connectivity index (χ1n) is 8.85. The third kappa shape index (κ3) is 3.14. The second-order valence-electron chi connectivity index (χ2n) is 8.06. The molecule has 4 saturated carbocycles. The monoisotopic (exact) mass is 332 g/mol. The van der Waals surface area contributed by atoms with E-state index in [2.05, 4.69) is 10.6 Å². The van der Waals surface area contributed by atoms with Crippen molar-refractivity contribution >= 4 is 23.2 Å². The minimum atomic E-state index is -0.176. The van der Waals surface area contributed by atoms with E-state index in [0.29, 0.717) is 5.02 Å². The molecule has 0 aromatic heterocycles. The van der Waals surface area contributed by atoms with E-state index >= 15 is 0 Å². The highest BCUT2D eigenvalue weighted by Crippen LogP contribution is 2.55. The summed E-state index contributed by atoms with van der Waals surface area (Å²) in [5, 5.41) is 7.34. The minimum Gasteiger partial charge on any atom is -0.325 e. The van der Waals surface area contributed by atoms with Gasteiger partial charge < -0.3 is 10.6 Å². The van der Waals surface area contributed by atoms with Crippen molar-refractivity contribution in [3.05, 3.63) is 29.3 Å². The van der Waals surface area contributed by atoms with Crippen LogP contribution in [0.1, 0.15) is 45.4 Å². The van der Waals surface area contributed by atoms with Gasteiger partial charge in [0.1, 0.15) is 0 Å². The van der Waals surface area contributed by atoms with Crippen LogP contribution in [-0.2, 0) is 4.79 Å². The summed E-state index contributed by atoms with van der Waals surface area (Å²) in [6.07, 6.45) is 8.04. The van der Waals surface area contributed by atoms with Crippen LogP contribution in [0.2, 0.25) is 5.02 Å². The molecule has 0 spiro atoms. The lowest BCUT2D eigenvalue weighted by Crippen LogP contribution is -2.62. The molecule has 4 aliphatic carbocycles. The maximum atomic E-state index is 12.5. The van der Waals surface area contributed by atoms with Gasteiger partial charge >= 0.3 is 0 Å². The van der Waals surface area contributed by atoms with Crippen LogP contribution in [0, 0.1) is 17.8 Å². The molecule has 4 aliphatic rings. The molecular formula is C19H25ClN2O. The van der Waals surface area contributed by atoms with Crippen molar-refractivity contribution in [3.8, 4) is 0 Å². The van der Waals surface area contributed by atoms with Gasteiger partial charge in [0.05, 0.1) is 6.04 Å². The largest absolute Gasteiger partial charge is 0.325 e. The lowest BCUT2D eigenvalue weighted by Gasteiger charge is -2.57. The van der Waals surface area contributed by atoms with E-state index < -0.39 is 0 Å². The third-order valence-electron chi connectivity index (χ3n) is 6.05. The number of benzene rings is 1. The second kappa shape index (κ2) is 5.78. The van der Waals surface area contributed by atoms with Crippen molar-refractivity contribution in [2.45, 2.75) is 57.0 Å². The molecular weight excluding hydrogens is 308 g/mol. The molecule has 23 heavy (non-hydrogen) atoms. The van der Waals surface area contributed by atoms with E-state index in [-0.39, 0.29) is 17.5 Å². The molecule has 0 heterocycles. The zero-order chi connectivity index (χ0) is 16.0. The van der Waals surface area contributed by atoms with Crippen LogP contribution >= 0.6 is 11.6 Å². The van der Waals surface area contributed by atoms with Crippen molar-refractivity contribution in [1.82, 2.24) is 5.32 Å². The number of hydrogen-bond acceptors (Lipinski definition) is 2. The Hall–Kier alpha value is -1.06. The predicted octanol–water partition coefficient (Wildman–Crippen LogP) is 4.23. The number of halogens is 1. The summed E-state index contributed by atoms with van der Waals surface area (Å²) in [7, 11) is 0. The fourth-order valence-corrected chi connectivity index (χ4v) is 5.82. The SMILES string of the molecule is C[C@@H](NC12CC3CC(CC(C3)C1)C2)C(=O)Nc1cccc(Cl)c1. The smallest absolute Gasteiger partial charge is 0.241 e. The molecule has 4 heteroatoms. The van der Waals surface area contributed by atoms with Crippen LogP contribution in [0.5, 0.6) is 0 Å². The van der Waals surface area contributed by atoms with Crippen LogP contribution in [0.25, 0.3) is 0 Å². The third-order valence-corrected chi connectivity index (χ3v) is 6.28. The van der Waals surface area contributed by atoms with Gasteiger partial charge in [-0.1, -0.05) is 17.7 Å². The van der Waals surface area contributed by atoms with Gasteiger partial charge in [-0.25, -0.2) is 0 Å². The highest BCUT2D eigenvalue weighted by atomic mass is 35.5. The van der Waals surface area contributed by atoms with Crippen molar-refractivity contribution in [1.29, 1.82) is 0 Å². The summed E-state index contributed by atoms with van der Waals surface area (Å²) in [5.74, 6) is 2.69. The minimum absolute atomic E-state index is 0.0306. The molecule has 3 nitrogen and oxygen atoms in total. The molecule has 1 aromatic carbocycles. The zero-order valence-corrected chi connectivity index (χ0v) is 14.4. The average Bonchev–Trinajstić information content (AvgIpc) is 2.45. The number of nitrogens with one attached hydrogen (secondary N) is 2.